The first kappa shape index (κ1) is 18.9. The quantitative estimate of drug-likeness (QED) is 0.565. The van der Waals surface area contributed by atoms with E-state index in [2.05, 4.69) is 15.3 Å². The van der Waals surface area contributed by atoms with E-state index in [-0.39, 0.29) is 17.6 Å². The summed E-state index contributed by atoms with van der Waals surface area (Å²) in [6.07, 6.45) is 10.1. The third-order valence-corrected chi connectivity index (χ3v) is 6.03. The van der Waals surface area contributed by atoms with Gasteiger partial charge in [0.05, 0.1) is 4.92 Å². The Labute approximate surface area is 164 Å². The Morgan fingerprint density at radius 1 is 1.18 bits per heavy atom. The average molecular weight is 388 g/mol. The Morgan fingerprint density at radius 3 is 2.54 bits per heavy atom. The standard InChI is InChI=1S/C19H28N6O3/c26-17(8-5-14-3-1-2-4-14)23-9-11-24(12-10-23)19-20-13-16(25(27)28)18(22-19)21-15-6-7-15/h13-15H,1-12H2,(H,20,21,22). The van der Waals surface area contributed by atoms with Gasteiger partial charge in [-0.3, -0.25) is 14.9 Å². The molecule has 9 nitrogen and oxygen atoms in total. The second-order valence-electron chi connectivity index (χ2n) is 8.14. The third kappa shape index (κ3) is 4.51. The van der Waals surface area contributed by atoms with Gasteiger partial charge in [0.15, 0.2) is 0 Å². The number of nitro groups is 1. The van der Waals surface area contributed by atoms with Gasteiger partial charge < -0.3 is 15.1 Å². The summed E-state index contributed by atoms with van der Waals surface area (Å²) in [5, 5.41) is 14.3. The number of rotatable bonds is 7. The van der Waals surface area contributed by atoms with Crippen molar-refractivity contribution in [3.05, 3.63) is 16.3 Å². The lowest BCUT2D eigenvalue weighted by Gasteiger charge is -2.35. The number of nitrogens with zero attached hydrogens (tertiary/aromatic N) is 5. The average Bonchev–Trinajstić information content (AvgIpc) is 3.36. The van der Waals surface area contributed by atoms with E-state index in [1.165, 1.54) is 31.9 Å². The molecule has 0 bridgehead atoms. The van der Waals surface area contributed by atoms with Crippen molar-refractivity contribution in [1.82, 2.24) is 14.9 Å². The molecule has 1 aliphatic heterocycles. The topological polar surface area (TPSA) is 104 Å². The zero-order chi connectivity index (χ0) is 19.5. The van der Waals surface area contributed by atoms with Crippen molar-refractivity contribution >= 4 is 23.4 Å². The molecule has 0 radical (unpaired) electrons. The van der Waals surface area contributed by atoms with Crippen molar-refractivity contribution in [1.29, 1.82) is 0 Å². The van der Waals surface area contributed by atoms with Crippen LogP contribution in [0.1, 0.15) is 51.4 Å². The Balaban J connectivity index is 1.32. The largest absolute Gasteiger partial charge is 0.361 e. The summed E-state index contributed by atoms with van der Waals surface area (Å²) in [6.45, 7) is 2.59. The second-order valence-corrected chi connectivity index (χ2v) is 8.14. The molecule has 152 valence electrons. The Kier molecular flexibility index (Phi) is 5.59. The number of aromatic nitrogens is 2. The van der Waals surface area contributed by atoms with Crippen LogP contribution < -0.4 is 10.2 Å². The van der Waals surface area contributed by atoms with E-state index in [9.17, 15) is 14.9 Å². The molecule has 0 aromatic carbocycles. The number of carbonyl (C=O) groups is 1. The van der Waals surface area contributed by atoms with Crippen LogP contribution in [0.4, 0.5) is 17.5 Å². The minimum Gasteiger partial charge on any atom is -0.361 e. The SMILES string of the molecule is O=C(CCC1CCCC1)N1CCN(c2ncc([N+](=O)[O-])c(NC3CC3)n2)CC1. The highest BCUT2D eigenvalue weighted by molar-refractivity contribution is 5.76. The van der Waals surface area contributed by atoms with Gasteiger partial charge in [-0.25, -0.2) is 4.98 Å². The van der Waals surface area contributed by atoms with Gasteiger partial charge in [-0.1, -0.05) is 25.7 Å². The van der Waals surface area contributed by atoms with Crippen molar-refractivity contribution < 1.29 is 9.72 Å². The molecule has 28 heavy (non-hydrogen) atoms. The number of carbonyl (C=O) groups excluding carboxylic acids is 1. The van der Waals surface area contributed by atoms with Crippen LogP contribution in [0.5, 0.6) is 0 Å². The number of piperazine rings is 1. The van der Waals surface area contributed by atoms with E-state index in [4.69, 9.17) is 0 Å². The predicted molar refractivity (Wildman–Crippen MR) is 105 cm³/mol. The summed E-state index contributed by atoms with van der Waals surface area (Å²) in [5.41, 5.74) is -0.0867. The fourth-order valence-corrected chi connectivity index (χ4v) is 4.12. The van der Waals surface area contributed by atoms with Crippen molar-refractivity contribution in [3.8, 4) is 0 Å². The number of amides is 1. The Morgan fingerprint density at radius 2 is 1.89 bits per heavy atom. The van der Waals surface area contributed by atoms with Crippen LogP contribution in [0.15, 0.2) is 6.20 Å². The fraction of sp³-hybridized carbons (Fsp3) is 0.737. The second kappa shape index (κ2) is 8.28. The molecule has 4 rings (SSSR count). The summed E-state index contributed by atoms with van der Waals surface area (Å²) in [6, 6.07) is 0.274. The van der Waals surface area contributed by atoms with E-state index in [0.717, 1.165) is 25.2 Å². The van der Waals surface area contributed by atoms with E-state index in [1.807, 2.05) is 9.80 Å². The van der Waals surface area contributed by atoms with Gasteiger partial charge in [-0.2, -0.15) is 4.98 Å². The molecule has 3 aliphatic rings. The van der Waals surface area contributed by atoms with E-state index < -0.39 is 4.92 Å². The predicted octanol–water partition coefficient (Wildman–Crippen LogP) is 2.58. The fourth-order valence-electron chi connectivity index (χ4n) is 4.12. The molecule has 2 heterocycles. The molecule has 0 atom stereocenters. The molecule has 3 fully saturated rings. The van der Waals surface area contributed by atoms with E-state index in [0.29, 0.717) is 44.4 Å². The molecule has 2 saturated carbocycles. The van der Waals surface area contributed by atoms with E-state index in [1.54, 1.807) is 0 Å². The molecule has 9 heteroatoms. The molecule has 0 spiro atoms. The number of hydrogen-bond donors (Lipinski definition) is 1. The van der Waals surface area contributed by atoms with Gasteiger partial charge in [0, 0.05) is 38.6 Å². The first-order valence-corrected chi connectivity index (χ1v) is 10.4. The lowest BCUT2D eigenvalue weighted by atomic mass is 10.0. The minimum absolute atomic E-state index is 0.0867. The minimum atomic E-state index is -0.449. The monoisotopic (exact) mass is 388 g/mol. The third-order valence-electron chi connectivity index (χ3n) is 6.03. The number of hydrogen-bond acceptors (Lipinski definition) is 7. The van der Waals surface area contributed by atoms with E-state index >= 15 is 0 Å². The smallest absolute Gasteiger partial charge is 0.329 e. The highest BCUT2D eigenvalue weighted by Gasteiger charge is 2.29. The van der Waals surface area contributed by atoms with Crippen LogP contribution in [0.25, 0.3) is 0 Å². The molecule has 1 N–H and O–H groups in total. The van der Waals surface area contributed by atoms with Gasteiger partial charge in [-0.15, -0.1) is 0 Å². The highest BCUT2D eigenvalue weighted by Crippen LogP contribution is 2.31. The first-order chi connectivity index (χ1) is 13.6. The lowest BCUT2D eigenvalue weighted by molar-refractivity contribution is -0.384. The summed E-state index contributed by atoms with van der Waals surface area (Å²) in [5.74, 6) is 1.77. The molecule has 1 aromatic rings. The maximum Gasteiger partial charge on any atom is 0.329 e. The van der Waals surface area contributed by atoms with Crippen LogP contribution >= 0.6 is 0 Å². The van der Waals surface area contributed by atoms with Gasteiger partial charge in [0.25, 0.3) is 0 Å². The molecule has 1 amide bonds. The number of anilines is 2. The zero-order valence-electron chi connectivity index (χ0n) is 16.2. The lowest BCUT2D eigenvalue weighted by Crippen LogP contribution is -2.49. The van der Waals surface area contributed by atoms with Crippen LogP contribution in [-0.4, -0.2) is 57.9 Å². The molecule has 0 unspecified atom stereocenters. The Hall–Kier alpha value is -2.45. The molecule has 1 aromatic heterocycles. The summed E-state index contributed by atoms with van der Waals surface area (Å²) in [7, 11) is 0. The van der Waals surface area contributed by atoms with Crippen LogP contribution in [0, 0.1) is 16.0 Å². The van der Waals surface area contributed by atoms with Crippen molar-refractivity contribution in [2.24, 2.45) is 5.92 Å². The highest BCUT2D eigenvalue weighted by atomic mass is 16.6. The molecule has 1 saturated heterocycles. The first-order valence-electron chi connectivity index (χ1n) is 10.4. The maximum atomic E-state index is 12.5. The van der Waals surface area contributed by atoms with Crippen molar-refractivity contribution in [3.63, 3.8) is 0 Å². The maximum absolute atomic E-state index is 12.5. The van der Waals surface area contributed by atoms with Crippen molar-refractivity contribution in [2.75, 3.05) is 36.4 Å². The summed E-state index contributed by atoms with van der Waals surface area (Å²) in [4.78, 5) is 35.8. The van der Waals surface area contributed by atoms with Gasteiger partial charge >= 0.3 is 5.69 Å². The van der Waals surface area contributed by atoms with Gasteiger partial charge in [0.2, 0.25) is 17.7 Å². The number of nitrogens with one attached hydrogen (secondary N) is 1. The molecule has 2 aliphatic carbocycles. The van der Waals surface area contributed by atoms with Crippen LogP contribution in [0.3, 0.4) is 0 Å². The molecular weight excluding hydrogens is 360 g/mol. The van der Waals surface area contributed by atoms with Gasteiger partial charge in [-0.05, 0) is 25.2 Å². The van der Waals surface area contributed by atoms with Crippen LogP contribution in [0.2, 0.25) is 0 Å². The van der Waals surface area contributed by atoms with Gasteiger partial charge in [0.1, 0.15) is 6.20 Å². The van der Waals surface area contributed by atoms with Crippen molar-refractivity contribution in [2.45, 2.75) is 57.4 Å². The molecular formula is C19H28N6O3. The Bertz CT molecular complexity index is 724. The van der Waals surface area contributed by atoms with Crippen LogP contribution in [-0.2, 0) is 4.79 Å². The normalized spacial score (nSPS) is 20.4. The zero-order valence-corrected chi connectivity index (χ0v) is 16.2. The summed E-state index contributed by atoms with van der Waals surface area (Å²) >= 11 is 0. The summed E-state index contributed by atoms with van der Waals surface area (Å²) < 4.78 is 0.